The van der Waals surface area contributed by atoms with Gasteiger partial charge >= 0.3 is 0 Å². The molecule has 3 nitrogen and oxygen atoms in total. The number of nitrogens with zero attached hydrogens (tertiary/aromatic N) is 2. The summed E-state index contributed by atoms with van der Waals surface area (Å²) in [4.78, 5) is 10.8. The number of aromatic nitrogens is 2. The first-order valence-corrected chi connectivity index (χ1v) is 6.88. The van der Waals surface area contributed by atoms with Crippen LogP contribution < -0.4 is 5.32 Å². The smallest absolute Gasteiger partial charge is 0.138 e. The minimum Gasteiger partial charge on any atom is -0.369 e. The zero-order valence-electron chi connectivity index (χ0n) is 10.2. The SMILES string of the molecule is Cc1cc2c(NCC(C)(C)CCl)ncnc2s1. The molecule has 1 N–H and O–H groups in total. The minimum absolute atomic E-state index is 0.0594. The van der Waals surface area contributed by atoms with Crippen LogP contribution in [0.4, 0.5) is 5.82 Å². The second-order valence-electron chi connectivity index (χ2n) is 4.95. The largest absolute Gasteiger partial charge is 0.369 e. The monoisotopic (exact) mass is 269 g/mol. The van der Waals surface area contributed by atoms with Gasteiger partial charge in [-0.05, 0) is 18.4 Å². The number of alkyl halides is 1. The average Bonchev–Trinajstić information content (AvgIpc) is 2.67. The Hall–Kier alpha value is -0.870. The number of hydrogen-bond donors (Lipinski definition) is 1. The van der Waals surface area contributed by atoms with Crippen LogP contribution in [-0.2, 0) is 0 Å². The van der Waals surface area contributed by atoms with Crippen molar-refractivity contribution >= 4 is 39.0 Å². The van der Waals surface area contributed by atoms with Crippen LogP contribution in [0.5, 0.6) is 0 Å². The minimum atomic E-state index is 0.0594. The van der Waals surface area contributed by atoms with E-state index in [1.807, 2.05) is 0 Å². The molecule has 0 radical (unpaired) electrons. The molecule has 2 aromatic heterocycles. The van der Waals surface area contributed by atoms with Crippen LogP contribution in [0, 0.1) is 12.3 Å². The van der Waals surface area contributed by atoms with Crippen LogP contribution in [0.3, 0.4) is 0 Å². The Kier molecular flexibility index (Phi) is 3.54. The van der Waals surface area contributed by atoms with Gasteiger partial charge in [-0.3, -0.25) is 0 Å². The molecule has 2 rings (SSSR count). The van der Waals surface area contributed by atoms with E-state index in [1.165, 1.54) is 4.88 Å². The highest BCUT2D eigenvalue weighted by Gasteiger charge is 2.17. The molecule has 17 heavy (non-hydrogen) atoms. The Balaban J connectivity index is 2.24. The molecule has 92 valence electrons. The molecule has 0 bridgehead atoms. The molecule has 0 atom stereocenters. The van der Waals surface area contributed by atoms with Gasteiger partial charge in [0.1, 0.15) is 17.0 Å². The zero-order valence-corrected chi connectivity index (χ0v) is 11.8. The highest BCUT2D eigenvalue weighted by Crippen LogP contribution is 2.28. The summed E-state index contributed by atoms with van der Waals surface area (Å²) in [6.45, 7) is 7.14. The van der Waals surface area contributed by atoms with E-state index in [2.05, 4.69) is 42.1 Å². The average molecular weight is 270 g/mol. The van der Waals surface area contributed by atoms with E-state index in [0.717, 1.165) is 22.6 Å². The van der Waals surface area contributed by atoms with Crippen LogP contribution in [0.2, 0.25) is 0 Å². The summed E-state index contributed by atoms with van der Waals surface area (Å²) in [5, 5.41) is 4.46. The number of nitrogens with one attached hydrogen (secondary N) is 1. The fraction of sp³-hybridized carbons (Fsp3) is 0.500. The molecule has 0 saturated heterocycles. The fourth-order valence-electron chi connectivity index (χ4n) is 1.49. The van der Waals surface area contributed by atoms with Gasteiger partial charge in [0.2, 0.25) is 0 Å². The van der Waals surface area contributed by atoms with Gasteiger partial charge < -0.3 is 5.32 Å². The molecule has 0 amide bonds. The Bertz CT molecular complexity index is 521. The summed E-state index contributed by atoms with van der Waals surface area (Å²) >= 11 is 7.60. The van der Waals surface area contributed by atoms with E-state index in [0.29, 0.717) is 5.88 Å². The van der Waals surface area contributed by atoms with Gasteiger partial charge in [0.15, 0.2) is 0 Å². The molecular weight excluding hydrogens is 254 g/mol. The Labute approximate surface area is 110 Å². The van der Waals surface area contributed by atoms with Crippen molar-refractivity contribution in [2.45, 2.75) is 20.8 Å². The maximum absolute atomic E-state index is 5.91. The molecular formula is C12H16ClN3S. The summed E-state index contributed by atoms with van der Waals surface area (Å²) in [5.41, 5.74) is 0.0594. The van der Waals surface area contributed by atoms with Crippen molar-refractivity contribution in [3.8, 4) is 0 Å². The molecule has 0 unspecified atom stereocenters. The maximum atomic E-state index is 5.91. The summed E-state index contributed by atoms with van der Waals surface area (Å²) in [7, 11) is 0. The van der Waals surface area contributed by atoms with Crippen molar-refractivity contribution in [3.63, 3.8) is 0 Å². The highest BCUT2D eigenvalue weighted by molar-refractivity contribution is 7.18. The molecule has 0 saturated carbocycles. The first-order chi connectivity index (χ1) is 8.02. The Morgan fingerprint density at radius 2 is 2.18 bits per heavy atom. The molecule has 0 spiro atoms. The molecule has 5 heteroatoms. The predicted octanol–water partition coefficient (Wildman–Crippen LogP) is 3.68. The van der Waals surface area contributed by atoms with E-state index >= 15 is 0 Å². The van der Waals surface area contributed by atoms with E-state index < -0.39 is 0 Å². The third kappa shape index (κ3) is 2.87. The summed E-state index contributed by atoms with van der Waals surface area (Å²) in [6.07, 6.45) is 1.61. The van der Waals surface area contributed by atoms with Gasteiger partial charge in [-0.1, -0.05) is 13.8 Å². The molecule has 0 aromatic carbocycles. The van der Waals surface area contributed by atoms with Crippen molar-refractivity contribution in [1.29, 1.82) is 0 Å². The fourth-order valence-corrected chi connectivity index (χ4v) is 2.43. The summed E-state index contributed by atoms with van der Waals surface area (Å²) in [5.74, 6) is 1.52. The van der Waals surface area contributed by atoms with E-state index in [4.69, 9.17) is 11.6 Å². The van der Waals surface area contributed by atoms with Crippen LogP contribution in [0.15, 0.2) is 12.4 Å². The number of hydrogen-bond acceptors (Lipinski definition) is 4. The summed E-state index contributed by atoms with van der Waals surface area (Å²) in [6, 6.07) is 2.12. The lowest BCUT2D eigenvalue weighted by Crippen LogP contribution is -2.25. The molecule has 2 aromatic rings. The number of fused-ring (bicyclic) bond motifs is 1. The number of halogens is 1. The Morgan fingerprint density at radius 1 is 1.41 bits per heavy atom. The standard InChI is InChI=1S/C12H16ClN3S/c1-8-4-9-10(14-6-12(2,3)5-13)15-7-16-11(9)17-8/h4,7H,5-6H2,1-3H3,(H,14,15,16). The lowest BCUT2D eigenvalue weighted by Gasteiger charge is -2.22. The van der Waals surface area contributed by atoms with E-state index in [9.17, 15) is 0 Å². The molecule has 0 fully saturated rings. The van der Waals surface area contributed by atoms with Crippen LogP contribution in [0.1, 0.15) is 18.7 Å². The van der Waals surface area contributed by atoms with Crippen LogP contribution in [-0.4, -0.2) is 22.4 Å². The first kappa shape index (κ1) is 12.6. The van der Waals surface area contributed by atoms with Gasteiger partial charge in [-0.25, -0.2) is 9.97 Å². The van der Waals surface area contributed by atoms with Crippen LogP contribution >= 0.6 is 22.9 Å². The highest BCUT2D eigenvalue weighted by atomic mass is 35.5. The second kappa shape index (κ2) is 4.78. The van der Waals surface area contributed by atoms with Crippen molar-refractivity contribution in [2.75, 3.05) is 17.7 Å². The predicted molar refractivity (Wildman–Crippen MR) is 75.1 cm³/mol. The maximum Gasteiger partial charge on any atom is 0.138 e. The lowest BCUT2D eigenvalue weighted by molar-refractivity contribution is 0.450. The number of anilines is 1. The third-order valence-electron chi connectivity index (χ3n) is 2.55. The number of thiophene rings is 1. The second-order valence-corrected chi connectivity index (χ2v) is 6.45. The lowest BCUT2D eigenvalue weighted by atomic mass is 9.96. The molecule has 0 aliphatic carbocycles. The van der Waals surface area contributed by atoms with E-state index in [-0.39, 0.29) is 5.41 Å². The van der Waals surface area contributed by atoms with Gasteiger partial charge in [0.25, 0.3) is 0 Å². The van der Waals surface area contributed by atoms with Gasteiger partial charge in [0.05, 0.1) is 5.39 Å². The van der Waals surface area contributed by atoms with Crippen molar-refractivity contribution < 1.29 is 0 Å². The van der Waals surface area contributed by atoms with Crippen molar-refractivity contribution in [3.05, 3.63) is 17.3 Å². The number of aryl methyl sites for hydroxylation is 1. The normalized spacial score (nSPS) is 12.0. The first-order valence-electron chi connectivity index (χ1n) is 5.53. The third-order valence-corrected chi connectivity index (χ3v) is 4.23. The summed E-state index contributed by atoms with van der Waals surface area (Å²) < 4.78 is 0. The Morgan fingerprint density at radius 3 is 2.88 bits per heavy atom. The molecule has 0 aliphatic rings. The topological polar surface area (TPSA) is 37.8 Å². The molecule has 0 aliphatic heterocycles. The molecule has 2 heterocycles. The van der Waals surface area contributed by atoms with Crippen molar-refractivity contribution in [1.82, 2.24) is 9.97 Å². The van der Waals surface area contributed by atoms with Crippen molar-refractivity contribution in [2.24, 2.45) is 5.41 Å². The van der Waals surface area contributed by atoms with Gasteiger partial charge in [-0.2, -0.15) is 0 Å². The number of rotatable bonds is 4. The van der Waals surface area contributed by atoms with Crippen LogP contribution in [0.25, 0.3) is 10.2 Å². The van der Waals surface area contributed by atoms with E-state index in [1.54, 1.807) is 17.7 Å². The van der Waals surface area contributed by atoms with Gasteiger partial charge in [-0.15, -0.1) is 22.9 Å². The zero-order chi connectivity index (χ0) is 12.5. The van der Waals surface area contributed by atoms with Gasteiger partial charge in [0, 0.05) is 17.3 Å². The quantitative estimate of drug-likeness (QED) is 0.861.